The summed E-state index contributed by atoms with van der Waals surface area (Å²) < 4.78 is 0. The molecule has 1 fully saturated rings. The molecule has 2 N–H and O–H groups in total. The molecule has 0 aromatic heterocycles. The summed E-state index contributed by atoms with van der Waals surface area (Å²) in [5.41, 5.74) is 0. The minimum Gasteiger partial charge on any atom is -0.355 e. The molecule has 0 bridgehead atoms. The van der Waals surface area contributed by atoms with Crippen LogP contribution in [0, 0.1) is 5.92 Å². The van der Waals surface area contributed by atoms with Crippen LogP contribution in [-0.4, -0.2) is 73.5 Å². The van der Waals surface area contributed by atoms with Crippen molar-refractivity contribution in [1.29, 1.82) is 0 Å². The van der Waals surface area contributed by atoms with Crippen LogP contribution in [0.2, 0.25) is 0 Å². The van der Waals surface area contributed by atoms with Crippen molar-refractivity contribution in [3.63, 3.8) is 0 Å². The Morgan fingerprint density at radius 2 is 1.96 bits per heavy atom. The van der Waals surface area contributed by atoms with Crippen LogP contribution in [0.15, 0.2) is 4.99 Å². The SMILES string of the molecule is CCC(=O)N1CCC(NC(=NC)NCC(CC(C)C)N(CC)CC)C1. The van der Waals surface area contributed by atoms with E-state index in [-0.39, 0.29) is 5.91 Å². The first-order valence-electron chi connectivity index (χ1n) is 9.93. The lowest BCUT2D eigenvalue weighted by molar-refractivity contribution is -0.129. The van der Waals surface area contributed by atoms with E-state index < -0.39 is 0 Å². The van der Waals surface area contributed by atoms with Crippen LogP contribution in [0.4, 0.5) is 0 Å². The Labute approximate surface area is 154 Å². The number of likely N-dealkylation sites (tertiary alicyclic amines) is 1. The van der Waals surface area contributed by atoms with E-state index >= 15 is 0 Å². The molecule has 25 heavy (non-hydrogen) atoms. The predicted molar refractivity (Wildman–Crippen MR) is 106 cm³/mol. The highest BCUT2D eigenvalue weighted by Crippen LogP contribution is 2.12. The van der Waals surface area contributed by atoms with Gasteiger partial charge in [0.2, 0.25) is 5.91 Å². The fourth-order valence-corrected chi connectivity index (χ4v) is 3.58. The summed E-state index contributed by atoms with van der Waals surface area (Å²) >= 11 is 0. The van der Waals surface area contributed by atoms with E-state index in [1.807, 2.05) is 18.9 Å². The third kappa shape index (κ3) is 7.22. The molecule has 1 aliphatic rings. The summed E-state index contributed by atoms with van der Waals surface area (Å²) in [6.45, 7) is 15.6. The monoisotopic (exact) mass is 353 g/mol. The minimum atomic E-state index is 0.241. The van der Waals surface area contributed by atoms with Gasteiger partial charge in [0.1, 0.15) is 0 Å². The van der Waals surface area contributed by atoms with Crippen molar-refractivity contribution >= 4 is 11.9 Å². The van der Waals surface area contributed by atoms with Gasteiger partial charge >= 0.3 is 0 Å². The second-order valence-corrected chi connectivity index (χ2v) is 7.28. The molecule has 2 atom stereocenters. The van der Waals surface area contributed by atoms with Gasteiger partial charge in [0.15, 0.2) is 5.96 Å². The second kappa shape index (κ2) is 11.3. The van der Waals surface area contributed by atoms with Gasteiger partial charge in [-0.1, -0.05) is 34.6 Å². The Balaban J connectivity index is 2.53. The first kappa shape index (κ1) is 21.7. The number of carbonyl (C=O) groups is 1. The predicted octanol–water partition coefficient (Wildman–Crippen LogP) is 1.92. The lowest BCUT2D eigenvalue weighted by atomic mass is 10.0. The third-order valence-corrected chi connectivity index (χ3v) is 4.99. The molecule has 1 saturated heterocycles. The van der Waals surface area contributed by atoms with Gasteiger partial charge in [-0.15, -0.1) is 0 Å². The number of hydrogen-bond donors (Lipinski definition) is 2. The molecule has 1 heterocycles. The largest absolute Gasteiger partial charge is 0.355 e. The zero-order valence-electron chi connectivity index (χ0n) is 17.1. The molecule has 0 spiro atoms. The molecule has 1 aliphatic heterocycles. The van der Waals surface area contributed by atoms with E-state index in [1.54, 1.807) is 0 Å². The van der Waals surface area contributed by atoms with Crippen LogP contribution in [-0.2, 0) is 4.79 Å². The summed E-state index contributed by atoms with van der Waals surface area (Å²) in [7, 11) is 1.81. The molecule has 0 aliphatic carbocycles. The summed E-state index contributed by atoms with van der Waals surface area (Å²) in [5, 5.41) is 6.99. The molecule has 146 valence electrons. The topological polar surface area (TPSA) is 60.0 Å². The number of aliphatic imine (C=N–C) groups is 1. The van der Waals surface area contributed by atoms with Crippen molar-refractivity contribution in [3.8, 4) is 0 Å². The van der Waals surface area contributed by atoms with Crippen molar-refractivity contribution in [2.75, 3.05) is 39.8 Å². The van der Waals surface area contributed by atoms with Gasteiger partial charge in [-0.25, -0.2) is 0 Å². The third-order valence-electron chi connectivity index (χ3n) is 4.99. The Morgan fingerprint density at radius 1 is 1.28 bits per heavy atom. The number of nitrogens with one attached hydrogen (secondary N) is 2. The van der Waals surface area contributed by atoms with Gasteiger partial charge < -0.3 is 15.5 Å². The summed E-state index contributed by atoms with van der Waals surface area (Å²) in [4.78, 5) is 20.7. The molecule has 6 heteroatoms. The fraction of sp³-hybridized carbons (Fsp3) is 0.895. The lowest BCUT2D eigenvalue weighted by Gasteiger charge is -2.32. The van der Waals surface area contributed by atoms with Crippen molar-refractivity contribution in [2.24, 2.45) is 10.9 Å². The van der Waals surface area contributed by atoms with Gasteiger partial charge in [0.05, 0.1) is 0 Å². The van der Waals surface area contributed by atoms with E-state index in [4.69, 9.17) is 0 Å². The van der Waals surface area contributed by atoms with Crippen LogP contribution in [0.3, 0.4) is 0 Å². The number of carbonyl (C=O) groups excluding carboxylic acids is 1. The van der Waals surface area contributed by atoms with Crippen LogP contribution < -0.4 is 10.6 Å². The average molecular weight is 354 g/mol. The van der Waals surface area contributed by atoms with E-state index in [0.717, 1.165) is 45.1 Å². The molecule has 0 aromatic rings. The Morgan fingerprint density at radius 3 is 2.48 bits per heavy atom. The molecule has 2 unspecified atom stereocenters. The maximum atomic E-state index is 11.8. The quantitative estimate of drug-likeness (QED) is 0.491. The maximum Gasteiger partial charge on any atom is 0.222 e. The molecule has 6 nitrogen and oxygen atoms in total. The van der Waals surface area contributed by atoms with Crippen molar-refractivity contribution < 1.29 is 4.79 Å². The summed E-state index contributed by atoms with van der Waals surface area (Å²) in [6, 6.07) is 0.800. The highest BCUT2D eigenvalue weighted by Gasteiger charge is 2.26. The van der Waals surface area contributed by atoms with Crippen molar-refractivity contribution in [1.82, 2.24) is 20.4 Å². The van der Waals surface area contributed by atoms with Gasteiger partial charge in [-0.3, -0.25) is 14.7 Å². The summed E-state index contributed by atoms with van der Waals surface area (Å²) in [5.74, 6) is 1.76. The van der Waals surface area contributed by atoms with Gasteiger partial charge in [0, 0.05) is 45.2 Å². The smallest absolute Gasteiger partial charge is 0.222 e. The first-order valence-corrected chi connectivity index (χ1v) is 9.93. The molecule has 1 amide bonds. The van der Waals surface area contributed by atoms with Crippen LogP contribution in [0.5, 0.6) is 0 Å². The molecule has 0 aromatic carbocycles. The number of likely N-dealkylation sites (N-methyl/N-ethyl adjacent to an activating group) is 1. The fourth-order valence-electron chi connectivity index (χ4n) is 3.58. The van der Waals surface area contributed by atoms with Crippen molar-refractivity contribution in [2.45, 2.75) is 66.0 Å². The molecule has 1 rings (SSSR count). The first-order chi connectivity index (χ1) is 11.9. The van der Waals surface area contributed by atoms with E-state index in [1.165, 1.54) is 6.42 Å². The zero-order valence-corrected chi connectivity index (χ0v) is 17.1. The minimum absolute atomic E-state index is 0.241. The Bertz CT molecular complexity index is 420. The zero-order chi connectivity index (χ0) is 18.8. The molecule has 0 radical (unpaired) electrons. The van der Waals surface area contributed by atoms with Gasteiger partial charge in [-0.05, 0) is 31.8 Å². The highest BCUT2D eigenvalue weighted by atomic mass is 16.2. The van der Waals surface area contributed by atoms with Crippen molar-refractivity contribution in [3.05, 3.63) is 0 Å². The molecule has 0 saturated carbocycles. The van der Waals surface area contributed by atoms with E-state index in [0.29, 0.717) is 24.4 Å². The number of nitrogens with zero attached hydrogens (tertiary/aromatic N) is 3. The number of guanidine groups is 1. The summed E-state index contributed by atoms with van der Waals surface area (Å²) in [6.07, 6.45) is 2.74. The van der Waals surface area contributed by atoms with Gasteiger partial charge in [-0.2, -0.15) is 0 Å². The van der Waals surface area contributed by atoms with Gasteiger partial charge in [0.25, 0.3) is 0 Å². The lowest BCUT2D eigenvalue weighted by Crippen LogP contribution is -2.50. The molecular formula is C19H39N5O. The standard InChI is InChI=1S/C19H39N5O/c1-7-18(25)24-11-10-16(14-24)22-19(20-6)21-13-17(12-15(4)5)23(8-2)9-3/h15-17H,7-14H2,1-6H3,(H2,20,21,22). The van der Waals surface area contributed by atoms with E-state index in [9.17, 15) is 4.79 Å². The highest BCUT2D eigenvalue weighted by molar-refractivity contribution is 5.80. The van der Waals surface area contributed by atoms with Crippen LogP contribution in [0.25, 0.3) is 0 Å². The molecular weight excluding hydrogens is 314 g/mol. The van der Waals surface area contributed by atoms with E-state index in [2.05, 4.69) is 48.2 Å². The number of rotatable bonds is 9. The van der Waals surface area contributed by atoms with Crippen LogP contribution in [0.1, 0.15) is 53.9 Å². The number of amides is 1. The average Bonchev–Trinajstić information content (AvgIpc) is 3.06. The normalized spacial score (nSPS) is 19.6. The van der Waals surface area contributed by atoms with Crippen LogP contribution >= 0.6 is 0 Å². The number of hydrogen-bond acceptors (Lipinski definition) is 3. The maximum absolute atomic E-state index is 11.8. The second-order valence-electron chi connectivity index (χ2n) is 7.28. The Hall–Kier alpha value is -1.30. The Kier molecular flexibility index (Phi) is 9.86.